The van der Waals surface area contributed by atoms with Crippen LogP contribution in [-0.4, -0.2) is 12.7 Å². The molecule has 1 rings (SSSR count). The van der Waals surface area contributed by atoms with Crippen LogP contribution >= 0.6 is 0 Å². The molecule has 0 amide bonds. The lowest BCUT2D eigenvalue weighted by Crippen LogP contribution is -2.21. The molecule has 1 unspecified atom stereocenters. The molecular formula is C16H24F3N. The Labute approximate surface area is 119 Å². The predicted molar refractivity (Wildman–Crippen MR) is 76.7 cm³/mol. The average Bonchev–Trinajstić information content (AvgIpc) is 2.33. The lowest BCUT2D eigenvalue weighted by atomic mass is 10.00. The van der Waals surface area contributed by atoms with Crippen LogP contribution in [0.2, 0.25) is 0 Å². The predicted octanol–water partition coefficient (Wildman–Crippen LogP) is 4.88. The molecule has 1 aromatic carbocycles. The van der Waals surface area contributed by atoms with Crippen molar-refractivity contribution in [1.29, 1.82) is 0 Å². The van der Waals surface area contributed by atoms with Crippen molar-refractivity contribution in [3.05, 3.63) is 35.4 Å². The first-order valence-corrected chi connectivity index (χ1v) is 7.17. The Morgan fingerprint density at radius 2 is 1.65 bits per heavy atom. The van der Waals surface area contributed by atoms with Crippen molar-refractivity contribution >= 4 is 0 Å². The van der Waals surface area contributed by atoms with Crippen molar-refractivity contribution in [3.8, 4) is 0 Å². The van der Waals surface area contributed by atoms with Gasteiger partial charge in [0.2, 0.25) is 0 Å². The van der Waals surface area contributed by atoms with Gasteiger partial charge in [0.25, 0.3) is 0 Å². The molecule has 0 heterocycles. The van der Waals surface area contributed by atoms with Gasteiger partial charge in [-0.3, -0.25) is 0 Å². The summed E-state index contributed by atoms with van der Waals surface area (Å²) in [6, 6.07) is 8.39. The molecular weight excluding hydrogens is 263 g/mol. The fourth-order valence-electron chi connectivity index (χ4n) is 2.14. The zero-order chi connectivity index (χ0) is 15.2. The quantitative estimate of drug-likeness (QED) is 0.705. The van der Waals surface area contributed by atoms with Crippen molar-refractivity contribution in [1.82, 2.24) is 5.32 Å². The van der Waals surface area contributed by atoms with E-state index in [1.54, 1.807) is 0 Å². The molecule has 0 aliphatic heterocycles. The first-order chi connectivity index (χ1) is 9.28. The van der Waals surface area contributed by atoms with Crippen molar-refractivity contribution in [2.24, 2.45) is 5.92 Å². The Bertz CT molecular complexity index is 382. The summed E-state index contributed by atoms with van der Waals surface area (Å²) in [5.74, 6) is 0.624. The number of halogens is 3. The summed E-state index contributed by atoms with van der Waals surface area (Å²) in [6.07, 6.45) is -3.60. The Hall–Kier alpha value is -1.03. The normalized spacial score (nSPS) is 13.8. The van der Waals surface area contributed by atoms with E-state index in [0.29, 0.717) is 12.5 Å². The monoisotopic (exact) mass is 287 g/mol. The van der Waals surface area contributed by atoms with E-state index in [-0.39, 0.29) is 12.5 Å². The third-order valence-electron chi connectivity index (χ3n) is 3.21. The number of hydrogen-bond donors (Lipinski definition) is 1. The molecule has 114 valence electrons. The molecule has 0 radical (unpaired) electrons. The highest BCUT2D eigenvalue weighted by molar-refractivity contribution is 5.25. The first-order valence-electron chi connectivity index (χ1n) is 7.17. The van der Waals surface area contributed by atoms with Gasteiger partial charge >= 0.3 is 6.18 Å². The van der Waals surface area contributed by atoms with Crippen LogP contribution in [0.3, 0.4) is 0 Å². The van der Waals surface area contributed by atoms with E-state index in [4.69, 9.17) is 0 Å². The molecule has 4 heteroatoms. The van der Waals surface area contributed by atoms with Crippen LogP contribution in [-0.2, 0) is 6.42 Å². The van der Waals surface area contributed by atoms with Gasteiger partial charge in [0.1, 0.15) is 0 Å². The Balaban J connectivity index is 2.38. The van der Waals surface area contributed by atoms with Gasteiger partial charge < -0.3 is 5.32 Å². The molecule has 0 saturated heterocycles. The molecule has 1 nitrogen and oxygen atoms in total. The second kappa shape index (κ2) is 7.67. The van der Waals surface area contributed by atoms with Gasteiger partial charge in [-0.15, -0.1) is 0 Å². The van der Waals surface area contributed by atoms with Crippen LogP contribution < -0.4 is 5.32 Å². The Morgan fingerprint density at radius 3 is 2.15 bits per heavy atom. The standard InChI is InChI=1S/C16H24F3N/c1-12(2)11-14-5-7-15(8-6-14)13(3)20-10-4-9-16(17,18)19/h5-8,12-13,20H,4,9-11H2,1-3H3. The van der Waals surface area contributed by atoms with E-state index >= 15 is 0 Å². The van der Waals surface area contributed by atoms with E-state index in [1.165, 1.54) is 5.56 Å². The van der Waals surface area contributed by atoms with Gasteiger partial charge in [0, 0.05) is 12.5 Å². The number of benzene rings is 1. The molecule has 0 saturated carbocycles. The Morgan fingerprint density at radius 1 is 1.05 bits per heavy atom. The SMILES string of the molecule is CC(C)Cc1ccc(C(C)NCCCC(F)(F)F)cc1. The van der Waals surface area contributed by atoms with Gasteiger partial charge in [0.15, 0.2) is 0 Å². The second-order valence-electron chi connectivity index (χ2n) is 5.73. The van der Waals surface area contributed by atoms with Gasteiger partial charge in [-0.05, 0) is 43.4 Å². The summed E-state index contributed by atoms with van der Waals surface area (Å²) in [4.78, 5) is 0. The third-order valence-corrected chi connectivity index (χ3v) is 3.21. The zero-order valence-electron chi connectivity index (χ0n) is 12.4. The molecule has 20 heavy (non-hydrogen) atoms. The summed E-state index contributed by atoms with van der Waals surface area (Å²) >= 11 is 0. The van der Waals surface area contributed by atoms with Crippen molar-refractivity contribution in [2.45, 2.75) is 52.3 Å². The number of hydrogen-bond acceptors (Lipinski definition) is 1. The molecule has 0 bridgehead atoms. The number of rotatable bonds is 7. The highest BCUT2D eigenvalue weighted by Crippen LogP contribution is 2.21. The van der Waals surface area contributed by atoms with Crippen LogP contribution in [0.4, 0.5) is 13.2 Å². The smallest absolute Gasteiger partial charge is 0.310 e. The van der Waals surface area contributed by atoms with Crippen LogP contribution in [0, 0.1) is 5.92 Å². The van der Waals surface area contributed by atoms with Crippen LogP contribution in [0.5, 0.6) is 0 Å². The maximum absolute atomic E-state index is 12.0. The van der Waals surface area contributed by atoms with Gasteiger partial charge in [-0.25, -0.2) is 0 Å². The van der Waals surface area contributed by atoms with E-state index in [2.05, 4.69) is 43.4 Å². The second-order valence-corrected chi connectivity index (χ2v) is 5.73. The maximum atomic E-state index is 12.0. The van der Waals surface area contributed by atoms with Crippen LogP contribution in [0.25, 0.3) is 0 Å². The molecule has 0 aliphatic carbocycles. The third kappa shape index (κ3) is 6.94. The van der Waals surface area contributed by atoms with Crippen molar-refractivity contribution in [3.63, 3.8) is 0 Å². The molecule has 0 aliphatic rings. The van der Waals surface area contributed by atoms with Crippen molar-refractivity contribution < 1.29 is 13.2 Å². The lowest BCUT2D eigenvalue weighted by Gasteiger charge is -2.15. The average molecular weight is 287 g/mol. The molecule has 0 aromatic heterocycles. The minimum atomic E-state index is -4.05. The highest BCUT2D eigenvalue weighted by Gasteiger charge is 2.25. The van der Waals surface area contributed by atoms with Gasteiger partial charge in [0.05, 0.1) is 0 Å². The number of nitrogens with one attached hydrogen (secondary N) is 1. The first kappa shape index (κ1) is 17.0. The van der Waals surface area contributed by atoms with Gasteiger partial charge in [-0.1, -0.05) is 38.1 Å². The summed E-state index contributed by atoms with van der Waals surface area (Å²) in [5, 5.41) is 3.13. The molecule has 1 aromatic rings. The molecule has 0 spiro atoms. The van der Waals surface area contributed by atoms with Gasteiger partial charge in [-0.2, -0.15) is 13.2 Å². The van der Waals surface area contributed by atoms with E-state index in [0.717, 1.165) is 12.0 Å². The van der Waals surface area contributed by atoms with E-state index in [1.807, 2.05) is 6.92 Å². The summed E-state index contributed by atoms with van der Waals surface area (Å²) in [5.41, 5.74) is 2.41. The maximum Gasteiger partial charge on any atom is 0.389 e. The van der Waals surface area contributed by atoms with Crippen molar-refractivity contribution in [2.75, 3.05) is 6.54 Å². The van der Waals surface area contributed by atoms with E-state index < -0.39 is 12.6 Å². The zero-order valence-corrected chi connectivity index (χ0v) is 12.4. The lowest BCUT2D eigenvalue weighted by molar-refractivity contribution is -0.135. The minimum Gasteiger partial charge on any atom is -0.310 e. The largest absolute Gasteiger partial charge is 0.389 e. The fraction of sp³-hybridized carbons (Fsp3) is 0.625. The molecule has 1 atom stereocenters. The van der Waals surface area contributed by atoms with Crippen LogP contribution in [0.1, 0.15) is 50.8 Å². The van der Waals surface area contributed by atoms with Crippen LogP contribution in [0.15, 0.2) is 24.3 Å². The Kier molecular flexibility index (Phi) is 6.53. The summed E-state index contributed by atoms with van der Waals surface area (Å²) in [7, 11) is 0. The topological polar surface area (TPSA) is 12.0 Å². The highest BCUT2D eigenvalue weighted by atomic mass is 19.4. The summed E-state index contributed by atoms with van der Waals surface area (Å²) < 4.78 is 36.1. The fourth-order valence-corrected chi connectivity index (χ4v) is 2.14. The number of alkyl halides is 3. The molecule has 0 fully saturated rings. The molecule has 1 N–H and O–H groups in total. The minimum absolute atomic E-state index is 0.0799. The summed E-state index contributed by atoms with van der Waals surface area (Å²) in [6.45, 7) is 6.72. The van der Waals surface area contributed by atoms with E-state index in [9.17, 15) is 13.2 Å².